The van der Waals surface area contributed by atoms with Crippen molar-refractivity contribution in [3.8, 4) is 11.1 Å². The Morgan fingerprint density at radius 3 is 2.18 bits per heavy atom. The second-order valence-corrected chi connectivity index (χ2v) is 22.2. The topological polar surface area (TPSA) is 298 Å². The summed E-state index contributed by atoms with van der Waals surface area (Å²) in [5.41, 5.74) is 10.3. The fourth-order valence-corrected chi connectivity index (χ4v) is 12.1. The lowest BCUT2D eigenvalue weighted by atomic mass is 9.88. The minimum absolute atomic E-state index is 0.0566. The number of anilines is 3. The summed E-state index contributed by atoms with van der Waals surface area (Å²) >= 11 is 0. The molecule has 3 aromatic heterocycles. The molecule has 6 aromatic rings. The number of ether oxygens (including phenoxy) is 4. The van der Waals surface area contributed by atoms with E-state index in [1.807, 2.05) is 29.2 Å². The smallest absolute Gasteiger partial charge is 0.340 e. The van der Waals surface area contributed by atoms with Gasteiger partial charge in [-0.1, -0.05) is 29.1 Å². The number of hydrogen-bond donors (Lipinski definition) is 5. The highest BCUT2D eigenvalue weighted by atomic mass is 19.1. The zero-order valence-corrected chi connectivity index (χ0v) is 49.1. The Morgan fingerprint density at radius 1 is 0.724 bits per heavy atom. The number of benzene rings is 3. The molecule has 6 N–H and O–H groups in total. The van der Waals surface area contributed by atoms with E-state index in [1.165, 1.54) is 18.1 Å². The second-order valence-electron chi connectivity index (χ2n) is 22.2. The van der Waals surface area contributed by atoms with Gasteiger partial charge in [-0.25, -0.2) is 19.2 Å². The number of nitrogens with two attached hydrogens (primary N) is 1. The lowest BCUT2D eigenvalue weighted by Gasteiger charge is -2.39. The number of nitrogens with zero attached hydrogens (tertiary/aromatic N) is 9. The first kappa shape index (κ1) is 61.6. The number of halogens is 1. The van der Waals surface area contributed by atoms with Gasteiger partial charge in [-0.05, 0) is 86.4 Å². The number of amides is 6. The first-order valence-corrected chi connectivity index (χ1v) is 30.1. The van der Waals surface area contributed by atoms with Crippen LogP contribution in [0, 0.1) is 5.82 Å². The molecular weight excluding hydrogens is 1120 g/mol. The van der Waals surface area contributed by atoms with Gasteiger partial charge in [0.25, 0.3) is 5.91 Å². The number of carbonyl (C=O) groups is 7. The van der Waals surface area contributed by atoms with Gasteiger partial charge in [0.2, 0.25) is 23.6 Å². The van der Waals surface area contributed by atoms with Gasteiger partial charge in [-0.15, -0.1) is 9.69 Å². The molecule has 3 aromatic carbocycles. The van der Waals surface area contributed by atoms with E-state index in [9.17, 15) is 33.6 Å². The predicted molar refractivity (Wildman–Crippen MR) is 320 cm³/mol. The Morgan fingerprint density at radius 2 is 1.45 bits per heavy atom. The lowest BCUT2D eigenvalue weighted by Crippen LogP contribution is -2.65. The number of aromatic nitrogens is 6. The van der Waals surface area contributed by atoms with Crippen LogP contribution in [0.4, 0.5) is 21.7 Å². The van der Waals surface area contributed by atoms with Crippen LogP contribution in [0.5, 0.6) is 0 Å². The molecule has 0 unspecified atom stereocenters. The third-order valence-electron chi connectivity index (χ3n) is 16.6. The standard InChI is InChI=1S/C61H75FN14O11/c1-2-87-56(82)38-66-52(78)37-65-53(79)39-74-48-8-6-7-45-46-34-49-43(33-47(46)62)35-68-75(49)76(25-17-42(18-26-76)58(71-74)57(45)48)55(81)14-13-51(77)64-20-28-85-30-32-86-31-29-84-27-19-54(80)73-23-15-41(16-24-73)40-9-11-44(12-10-40)69-61-59(60(63)83)67-36-50(70-61)72-21-4-3-5-22-72/h6-12,33-36,41-42H,2-5,13-32,37-39H2,1H3,(H5-,63,64,65,66,69,70,77,78,79,83)/p+1. The van der Waals surface area contributed by atoms with E-state index in [4.69, 9.17) is 34.8 Å². The Balaban J connectivity index is 0.610. The van der Waals surface area contributed by atoms with Crippen LogP contribution in [0.2, 0.25) is 0 Å². The highest BCUT2D eigenvalue weighted by molar-refractivity contribution is 6.01. The van der Waals surface area contributed by atoms with E-state index in [0.717, 1.165) is 50.3 Å². The summed E-state index contributed by atoms with van der Waals surface area (Å²) in [5, 5.41) is 21.9. The van der Waals surface area contributed by atoms with Gasteiger partial charge in [0.15, 0.2) is 11.5 Å². The van der Waals surface area contributed by atoms with Crippen molar-refractivity contribution in [1.82, 2.24) is 55.1 Å². The minimum atomic E-state index is -0.646. The highest BCUT2D eigenvalue weighted by Gasteiger charge is 2.46. The molecule has 3 fully saturated rings. The number of esters is 1. The van der Waals surface area contributed by atoms with Crippen molar-refractivity contribution in [3.05, 3.63) is 89.8 Å². The maximum Gasteiger partial charge on any atom is 0.340 e. The number of hydrogen-bond acceptors (Lipinski definition) is 17. The van der Waals surface area contributed by atoms with Crippen LogP contribution in [0.25, 0.3) is 32.9 Å². The summed E-state index contributed by atoms with van der Waals surface area (Å²) in [5.74, 6) is -2.08. The summed E-state index contributed by atoms with van der Waals surface area (Å²) in [4.78, 5) is 105. The molecule has 26 heteroatoms. The maximum absolute atomic E-state index is 16.2. The van der Waals surface area contributed by atoms with Crippen molar-refractivity contribution in [2.24, 2.45) is 5.73 Å². The molecule has 25 nitrogen and oxygen atoms in total. The number of primary amides is 1. The molecule has 5 aliphatic rings. The number of rotatable bonds is 27. The fourth-order valence-electron chi connectivity index (χ4n) is 12.1. The van der Waals surface area contributed by atoms with Gasteiger partial charge in [0, 0.05) is 79.9 Å². The van der Waals surface area contributed by atoms with Gasteiger partial charge >= 0.3 is 11.9 Å². The second kappa shape index (κ2) is 28.8. The molecule has 11 rings (SSSR count). The normalized spacial score (nSPS) is 17.5. The molecule has 4 bridgehead atoms. The van der Waals surface area contributed by atoms with Crippen LogP contribution in [-0.4, -0.2) is 181 Å². The third kappa shape index (κ3) is 14.9. The van der Waals surface area contributed by atoms with E-state index in [1.54, 1.807) is 40.9 Å². The van der Waals surface area contributed by atoms with Crippen LogP contribution in [0.1, 0.15) is 105 Å². The lowest BCUT2D eigenvalue weighted by molar-refractivity contribution is -0.143. The van der Waals surface area contributed by atoms with Crippen molar-refractivity contribution in [2.75, 3.05) is 115 Å². The van der Waals surface area contributed by atoms with Crippen molar-refractivity contribution >= 4 is 80.5 Å². The largest absolute Gasteiger partial charge is 0.465 e. The maximum atomic E-state index is 16.2. The molecule has 87 heavy (non-hydrogen) atoms. The molecule has 3 saturated heterocycles. The van der Waals surface area contributed by atoms with E-state index in [-0.39, 0.29) is 105 Å². The highest BCUT2D eigenvalue weighted by Crippen LogP contribution is 2.42. The molecule has 0 atom stereocenters. The van der Waals surface area contributed by atoms with E-state index in [2.05, 4.69) is 48.4 Å². The summed E-state index contributed by atoms with van der Waals surface area (Å²) < 4.78 is 39.4. The summed E-state index contributed by atoms with van der Waals surface area (Å²) in [7, 11) is 0. The molecule has 0 spiro atoms. The number of likely N-dealkylation sites (tertiary alicyclic amines) is 1. The zero-order chi connectivity index (χ0) is 60.9. The van der Waals surface area contributed by atoms with Crippen molar-refractivity contribution in [2.45, 2.75) is 89.5 Å². The van der Waals surface area contributed by atoms with Gasteiger partial charge in [-0.2, -0.15) is 5.10 Å². The Kier molecular flexibility index (Phi) is 20.4. The van der Waals surface area contributed by atoms with Crippen LogP contribution in [0.15, 0.2) is 67.0 Å². The van der Waals surface area contributed by atoms with Gasteiger partial charge in [0.05, 0.1) is 89.2 Å². The molecular formula is C61H76FN14O11+. The molecule has 462 valence electrons. The molecule has 0 radical (unpaired) electrons. The Hall–Kier alpha value is -8.46. The van der Waals surface area contributed by atoms with Crippen molar-refractivity contribution in [3.63, 3.8) is 0 Å². The van der Waals surface area contributed by atoms with Crippen LogP contribution < -0.4 is 36.5 Å². The van der Waals surface area contributed by atoms with Crippen LogP contribution >= 0.6 is 0 Å². The number of carbonyl (C=O) groups excluding carboxylic acids is 7. The summed E-state index contributed by atoms with van der Waals surface area (Å²) in [6, 6.07) is 16.6. The predicted octanol–water partition coefficient (Wildman–Crippen LogP) is 4.21. The first-order valence-electron chi connectivity index (χ1n) is 30.1. The fraction of sp³-hybridized carbons (Fsp3) is 0.492. The Bertz CT molecular complexity index is 3460. The number of piperidine rings is 3. The van der Waals surface area contributed by atoms with Gasteiger partial charge in [0.1, 0.15) is 43.3 Å². The van der Waals surface area contributed by atoms with Crippen molar-refractivity contribution < 1.29 is 56.9 Å². The minimum Gasteiger partial charge on any atom is -0.465 e. The zero-order valence-electron chi connectivity index (χ0n) is 49.1. The summed E-state index contributed by atoms with van der Waals surface area (Å²) in [6.45, 7) is 6.66. The number of fused-ring (bicyclic) bond motifs is 2. The molecule has 0 aliphatic carbocycles. The van der Waals surface area contributed by atoms with E-state index < -0.39 is 29.5 Å². The van der Waals surface area contributed by atoms with Gasteiger partial charge in [-0.3, -0.25) is 33.4 Å². The van der Waals surface area contributed by atoms with Crippen LogP contribution in [0.3, 0.4) is 0 Å². The molecule has 5 aliphatic heterocycles. The SMILES string of the molecule is CCOC(=O)CNC(=O)CNC(=O)Cn1nc2c3c(cccc31)-c1cc3c(cnn3[N+]3(C(=O)CCC(=O)NCCOCCOCCOCCC(=O)N4CCC(c5ccc(Nc6nc(N7CCCCC7)cnc6C(N)=O)cc5)CC4)CCC2CC3)cc1F. The first-order chi connectivity index (χ1) is 42.3. The molecule has 8 heterocycles. The van der Waals surface area contributed by atoms with E-state index >= 15 is 4.39 Å². The third-order valence-corrected chi connectivity index (χ3v) is 16.6. The number of nitrogens with one attached hydrogen (secondary N) is 4. The van der Waals surface area contributed by atoms with Gasteiger partial charge < -0.3 is 55.7 Å². The van der Waals surface area contributed by atoms with Crippen LogP contribution in [-0.2, 0) is 54.3 Å². The average Bonchev–Trinajstić information content (AvgIpc) is 1.65. The average molecular weight is 1200 g/mol. The van der Waals surface area contributed by atoms with Crippen molar-refractivity contribution in [1.29, 1.82) is 0 Å². The quantitative estimate of drug-likeness (QED) is 0.0274. The monoisotopic (exact) mass is 1200 g/mol. The number of quaternary nitrogens is 1. The molecule has 6 amide bonds. The summed E-state index contributed by atoms with van der Waals surface area (Å²) in [6.07, 6.45) is 9.36. The molecule has 0 saturated carbocycles. The van der Waals surface area contributed by atoms with E-state index in [0.29, 0.717) is 110 Å². The Labute approximate surface area is 502 Å².